The van der Waals surface area contributed by atoms with Gasteiger partial charge in [-0.05, 0) is 78.7 Å². The number of carbonyl (C=O) groups is 2. The number of hydrazone groups is 1. The summed E-state index contributed by atoms with van der Waals surface area (Å²) in [6.45, 7) is 2.73. The topological polar surface area (TPSA) is 86.2 Å². The summed E-state index contributed by atoms with van der Waals surface area (Å²) in [5.74, 6) is 0.426. The Kier molecular flexibility index (Phi) is 9.05. The number of rotatable bonds is 10. The molecule has 1 N–H and O–H groups in total. The normalized spacial score (nSPS) is 10.7. The molecule has 7 nitrogen and oxygen atoms in total. The maximum Gasteiger partial charge on any atom is 0.343 e. The van der Waals surface area contributed by atoms with E-state index in [1.54, 1.807) is 66.7 Å². The lowest BCUT2D eigenvalue weighted by atomic mass is 10.2. The van der Waals surface area contributed by atoms with Gasteiger partial charge in [-0.15, -0.1) is 0 Å². The number of ether oxygens (including phenoxy) is 3. The smallest absolute Gasteiger partial charge is 0.343 e. The van der Waals surface area contributed by atoms with Crippen LogP contribution >= 0.6 is 11.6 Å². The van der Waals surface area contributed by atoms with Gasteiger partial charge < -0.3 is 14.2 Å². The molecule has 0 spiro atoms. The average Bonchev–Trinajstić information content (AvgIpc) is 2.85. The van der Waals surface area contributed by atoms with Crippen LogP contribution in [0.4, 0.5) is 0 Å². The molecule has 0 aromatic heterocycles. The number of carbonyl (C=O) groups excluding carboxylic acids is 2. The number of nitrogens with one attached hydrogen (secondary N) is 1. The quantitative estimate of drug-likeness (QED) is 0.136. The van der Waals surface area contributed by atoms with Gasteiger partial charge in [0.05, 0.1) is 25.5 Å². The fraction of sp³-hybridized carbons (Fsp3) is 0.192. The Morgan fingerprint density at radius 3 is 2.35 bits per heavy atom. The third-order valence-electron chi connectivity index (χ3n) is 4.73. The molecule has 8 heteroatoms. The van der Waals surface area contributed by atoms with Crippen LogP contribution in [0.25, 0.3) is 0 Å². The number of benzene rings is 3. The minimum atomic E-state index is -0.518. The van der Waals surface area contributed by atoms with E-state index in [-0.39, 0.29) is 11.7 Å². The van der Waals surface area contributed by atoms with E-state index < -0.39 is 5.97 Å². The molecular weight excluding hydrogens is 456 g/mol. The number of halogens is 1. The number of esters is 1. The first-order valence-electron chi connectivity index (χ1n) is 10.7. The predicted octanol–water partition coefficient (Wildman–Crippen LogP) is 5.51. The number of hydrogen-bond acceptors (Lipinski definition) is 6. The first-order chi connectivity index (χ1) is 16.5. The molecule has 0 bridgehead atoms. The highest BCUT2D eigenvalue weighted by molar-refractivity contribution is 6.30. The van der Waals surface area contributed by atoms with E-state index >= 15 is 0 Å². The van der Waals surface area contributed by atoms with Gasteiger partial charge in [-0.25, -0.2) is 10.2 Å². The Balaban J connectivity index is 1.60. The third-order valence-corrected chi connectivity index (χ3v) is 4.99. The van der Waals surface area contributed by atoms with Gasteiger partial charge in [0.15, 0.2) is 11.5 Å². The van der Waals surface area contributed by atoms with Crippen LogP contribution < -0.4 is 19.6 Å². The fourth-order valence-electron chi connectivity index (χ4n) is 2.86. The Morgan fingerprint density at radius 1 is 0.971 bits per heavy atom. The zero-order chi connectivity index (χ0) is 24.3. The van der Waals surface area contributed by atoms with Gasteiger partial charge in [-0.2, -0.15) is 5.10 Å². The molecule has 0 heterocycles. The molecule has 0 unspecified atom stereocenters. The van der Waals surface area contributed by atoms with Gasteiger partial charge in [-0.3, -0.25) is 4.79 Å². The Morgan fingerprint density at radius 2 is 1.68 bits per heavy atom. The van der Waals surface area contributed by atoms with E-state index in [9.17, 15) is 9.59 Å². The number of nitrogens with zero attached hydrogens (tertiary/aromatic N) is 1. The summed E-state index contributed by atoms with van der Waals surface area (Å²) in [6, 6.07) is 18.2. The summed E-state index contributed by atoms with van der Waals surface area (Å²) in [5.41, 5.74) is 3.91. The molecular formula is C26H25ClN2O5. The number of unbranched alkanes of at least 4 members (excludes halogenated alkanes) is 1. The second-order valence-corrected chi connectivity index (χ2v) is 7.67. The first kappa shape index (κ1) is 24.8. The maximum atomic E-state index is 12.5. The van der Waals surface area contributed by atoms with Crippen LogP contribution in [0.3, 0.4) is 0 Å². The number of amides is 1. The zero-order valence-electron chi connectivity index (χ0n) is 18.9. The summed E-state index contributed by atoms with van der Waals surface area (Å²) in [4.78, 5) is 24.6. The van der Waals surface area contributed by atoms with E-state index in [0.29, 0.717) is 39.8 Å². The van der Waals surface area contributed by atoms with Crippen LogP contribution in [0.5, 0.6) is 17.2 Å². The molecule has 3 aromatic rings. The van der Waals surface area contributed by atoms with Crippen LogP contribution in [0.1, 0.15) is 46.0 Å². The summed E-state index contributed by atoms with van der Waals surface area (Å²) in [6.07, 6.45) is 3.48. The van der Waals surface area contributed by atoms with E-state index in [2.05, 4.69) is 17.5 Å². The van der Waals surface area contributed by atoms with Crippen LogP contribution in [-0.2, 0) is 0 Å². The minimum Gasteiger partial charge on any atom is -0.494 e. The second-order valence-electron chi connectivity index (χ2n) is 7.23. The number of methoxy groups -OCH3 is 1. The highest BCUT2D eigenvalue weighted by atomic mass is 35.5. The fourth-order valence-corrected chi connectivity index (χ4v) is 2.99. The van der Waals surface area contributed by atoms with Crippen LogP contribution in [0.2, 0.25) is 5.02 Å². The van der Waals surface area contributed by atoms with E-state index in [0.717, 1.165) is 12.8 Å². The lowest BCUT2D eigenvalue weighted by molar-refractivity contribution is 0.0729. The molecule has 34 heavy (non-hydrogen) atoms. The standard InChI is InChI=1S/C26H25ClN2O5/c1-3-4-15-33-22-12-8-20(9-13-22)26(31)34-23-14-5-18(16-24(23)32-2)17-28-29-25(30)19-6-10-21(27)11-7-19/h5-14,16-17H,3-4,15H2,1-2H3,(H,29,30). The first-order valence-corrected chi connectivity index (χ1v) is 11.1. The zero-order valence-corrected chi connectivity index (χ0v) is 19.7. The van der Waals surface area contributed by atoms with E-state index in [4.69, 9.17) is 25.8 Å². The van der Waals surface area contributed by atoms with Crippen molar-refractivity contribution in [2.24, 2.45) is 5.10 Å². The summed E-state index contributed by atoms with van der Waals surface area (Å²) < 4.78 is 16.5. The van der Waals surface area contributed by atoms with Crippen molar-refractivity contribution in [1.82, 2.24) is 5.43 Å². The maximum absolute atomic E-state index is 12.5. The van der Waals surface area contributed by atoms with Crippen molar-refractivity contribution in [3.05, 3.63) is 88.4 Å². The molecule has 0 saturated heterocycles. The molecule has 0 atom stereocenters. The van der Waals surface area contributed by atoms with Gasteiger partial charge >= 0.3 is 5.97 Å². The van der Waals surface area contributed by atoms with Gasteiger partial charge in [0, 0.05) is 10.6 Å². The molecule has 0 fully saturated rings. The third kappa shape index (κ3) is 7.08. The van der Waals surface area contributed by atoms with E-state index in [1.165, 1.54) is 13.3 Å². The minimum absolute atomic E-state index is 0.262. The van der Waals surface area contributed by atoms with Gasteiger partial charge in [0.1, 0.15) is 5.75 Å². The Bertz CT molecular complexity index is 1140. The van der Waals surface area contributed by atoms with Crippen molar-refractivity contribution >= 4 is 29.7 Å². The largest absolute Gasteiger partial charge is 0.494 e. The second kappa shape index (κ2) is 12.4. The summed E-state index contributed by atoms with van der Waals surface area (Å²) in [5, 5.41) is 4.50. The van der Waals surface area contributed by atoms with Crippen molar-refractivity contribution < 1.29 is 23.8 Å². The molecule has 3 rings (SSSR count). The van der Waals surface area contributed by atoms with Crippen molar-refractivity contribution in [2.75, 3.05) is 13.7 Å². The molecule has 3 aromatic carbocycles. The molecule has 0 radical (unpaired) electrons. The lowest BCUT2D eigenvalue weighted by Gasteiger charge is -2.10. The predicted molar refractivity (Wildman–Crippen MR) is 131 cm³/mol. The monoisotopic (exact) mass is 480 g/mol. The van der Waals surface area contributed by atoms with Gasteiger partial charge in [0.2, 0.25) is 0 Å². The highest BCUT2D eigenvalue weighted by Gasteiger charge is 2.13. The molecule has 0 aliphatic rings. The van der Waals surface area contributed by atoms with Crippen LogP contribution in [-0.4, -0.2) is 31.8 Å². The molecule has 176 valence electrons. The summed E-state index contributed by atoms with van der Waals surface area (Å²) >= 11 is 5.83. The van der Waals surface area contributed by atoms with Gasteiger partial charge in [0.25, 0.3) is 5.91 Å². The van der Waals surface area contributed by atoms with Crippen molar-refractivity contribution in [1.29, 1.82) is 0 Å². The van der Waals surface area contributed by atoms with Crippen molar-refractivity contribution in [3.63, 3.8) is 0 Å². The van der Waals surface area contributed by atoms with Crippen LogP contribution in [0, 0.1) is 0 Å². The number of hydrogen-bond donors (Lipinski definition) is 1. The molecule has 0 aliphatic heterocycles. The van der Waals surface area contributed by atoms with Crippen molar-refractivity contribution in [3.8, 4) is 17.2 Å². The Labute approximate surface area is 203 Å². The Hall–Kier alpha value is -3.84. The molecule has 1 amide bonds. The summed E-state index contributed by atoms with van der Waals surface area (Å²) in [7, 11) is 1.47. The lowest BCUT2D eigenvalue weighted by Crippen LogP contribution is -2.17. The van der Waals surface area contributed by atoms with E-state index in [1.807, 2.05) is 0 Å². The van der Waals surface area contributed by atoms with Crippen molar-refractivity contribution in [2.45, 2.75) is 19.8 Å². The highest BCUT2D eigenvalue weighted by Crippen LogP contribution is 2.28. The molecule has 0 saturated carbocycles. The van der Waals surface area contributed by atoms with Crippen LogP contribution in [0.15, 0.2) is 71.8 Å². The SMILES string of the molecule is CCCCOc1ccc(C(=O)Oc2ccc(C=NNC(=O)c3ccc(Cl)cc3)cc2OC)cc1. The van der Waals surface area contributed by atoms with Gasteiger partial charge in [-0.1, -0.05) is 24.9 Å². The molecule has 0 aliphatic carbocycles. The average molecular weight is 481 g/mol.